The monoisotopic (exact) mass is 502 g/mol. The Hall–Kier alpha value is -0.0900. The molecule has 6 heteroatoms. The molecule has 1 aromatic carbocycles. The van der Waals surface area contributed by atoms with Crippen LogP contribution in [0, 0.1) is 7.14 Å². The Labute approximate surface area is 146 Å². The molecule has 0 spiro atoms. The minimum Gasteiger partial charge on any atom is -0.506 e. The van der Waals surface area contributed by atoms with Gasteiger partial charge in [0.2, 0.25) is 0 Å². The molecule has 1 aliphatic rings. The Morgan fingerprint density at radius 2 is 1.95 bits per heavy atom. The van der Waals surface area contributed by atoms with Crippen molar-refractivity contribution in [1.82, 2.24) is 0 Å². The van der Waals surface area contributed by atoms with Crippen molar-refractivity contribution in [3.8, 4) is 5.75 Å². The molecule has 1 saturated heterocycles. The van der Waals surface area contributed by atoms with E-state index in [1.54, 1.807) is 6.07 Å². The highest BCUT2D eigenvalue weighted by molar-refractivity contribution is 14.1. The smallest absolute Gasteiger partial charge is 0.342 e. The highest BCUT2D eigenvalue weighted by Gasteiger charge is 2.35. The van der Waals surface area contributed by atoms with E-state index in [2.05, 4.69) is 29.6 Å². The second-order valence-electron chi connectivity index (χ2n) is 5.58. The van der Waals surface area contributed by atoms with Crippen LogP contribution in [0.15, 0.2) is 12.1 Å². The topological polar surface area (TPSA) is 51.0 Å². The number of hydrogen-bond donors (Lipinski definition) is 2. The highest BCUT2D eigenvalue weighted by atomic mass is 127. The maximum absolute atomic E-state index is 12.3. The number of aromatic hydroxyl groups is 1. The minimum atomic E-state index is -0.430. The van der Waals surface area contributed by atoms with Crippen molar-refractivity contribution in [2.24, 2.45) is 0 Å². The maximum Gasteiger partial charge on any atom is 0.342 e. The number of phenols is 1. The summed E-state index contributed by atoms with van der Waals surface area (Å²) < 4.78 is 7.26. The molecule has 1 fully saturated rings. The van der Waals surface area contributed by atoms with Gasteiger partial charge in [0.1, 0.15) is 16.9 Å². The molecule has 0 bridgehead atoms. The van der Waals surface area contributed by atoms with Crippen molar-refractivity contribution >= 4 is 51.2 Å². The number of carbonyl (C=O) groups excluding carboxylic acids is 1. The van der Waals surface area contributed by atoms with Crippen molar-refractivity contribution in [3.05, 3.63) is 24.8 Å². The van der Waals surface area contributed by atoms with Crippen LogP contribution in [-0.2, 0) is 4.74 Å². The predicted molar refractivity (Wildman–Crippen MR) is 93.2 cm³/mol. The standard InChI is InChI=1S/C14H17I2NO3/c1-14(3-5-17(2)6-4-14)20-13(19)10-7-9(15)8-11(16)12(10)18/h7-8,18H,3-6H2,1-2H3/p+1. The van der Waals surface area contributed by atoms with Gasteiger partial charge < -0.3 is 14.7 Å². The molecular weight excluding hydrogens is 484 g/mol. The van der Waals surface area contributed by atoms with Crippen molar-refractivity contribution in [1.29, 1.82) is 0 Å². The second-order valence-corrected chi connectivity index (χ2v) is 7.99. The zero-order valence-electron chi connectivity index (χ0n) is 11.5. The molecule has 0 atom stereocenters. The summed E-state index contributed by atoms with van der Waals surface area (Å²) in [5.74, 6) is -0.417. The van der Waals surface area contributed by atoms with E-state index in [4.69, 9.17) is 4.74 Å². The Balaban J connectivity index is 2.16. The Bertz CT molecular complexity index is 525. The van der Waals surface area contributed by atoms with E-state index in [0.29, 0.717) is 3.57 Å². The van der Waals surface area contributed by atoms with Gasteiger partial charge in [0, 0.05) is 16.4 Å². The molecule has 0 amide bonds. The van der Waals surface area contributed by atoms with Crippen molar-refractivity contribution in [2.45, 2.75) is 25.4 Å². The molecule has 110 valence electrons. The maximum atomic E-state index is 12.3. The molecule has 4 nitrogen and oxygen atoms in total. The van der Waals surface area contributed by atoms with Crippen LogP contribution in [0.1, 0.15) is 30.1 Å². The fourth-order valence-electron chi connectivity index (χ4n) is 2.31. The first-order valence-corrected chi connectivity index (χ1v) is 8.69. The molecule has 0 aromatic heterocycles. The van der Waals surface area contributed by atoms with E-state index in [1.165, 1.54) is 4.90 Å². The average Bonchev–Trinajstić information content (AvgIpc) is 2.37. The first-order chi connectivity index (χ1) is 9.31. The van der Waals surface area contributed by atoms with Crippen LogP contribution in [0.2, 0.25) is 0 Å². The molecule has 1 aliphatic heterocycles. The van der Waals surface area contributed by atoms with E-state index in [0.717, 1.165) is 29.5 Å². The van der Waals surface area contributed by atoms with Gasteiger partial charge in [-0.2, -0.15) is 0 Å². The van der Waals surface area contributed by atoms with Crippen molar-refractivity contribution in [3.63, 3.8) is 0 Å². The third-order valence-electron chi connectivity index (χ3n) is 3.75. The van der Waals surface area contributed by atoms with Gasteiger partial charge >= 0.3 is 5.97 Å². The van der Waals surface area contributed by atoms with Crippen LogP contribution < -0.4 is 4.90 Å². The van der Waals surface area contributed by atoms with Crippen molar-refractivity contribution < 1.29 is 19.5 Å². The van der Waals surface area contributed by atoms with E-state index in [1.807, 2.05) is 35.6 Å². The number of nitrogens with one attached hydrogen (secondary N) is 1. The minimum absolute atomic E-state index is 0.0122. The molecule has 1 heterocycles. The average molecular weight is 502 g/mol. The zero-order chi connectivity index (χ0) is 14.9. The summed E-state index contributed by atoms with van der Waals surface area (Å²) >= 11 is 4.15. The highest BCUT2D eigenvalue weighted by Crippen LogP contribution is 2.30. The number of quaternary nitrogens is 1. The van der Waals surface area contributed by atoms with Gasteiger partial charge in [-0.05, 0) is 64.2 Å². The second kappa shape index (κ2) is 6.35. The predicted octanol–water partition coefficient (Wildman–Crippen LogP) is 1.83. The number of carbonyl (C=O) groups is 1. The largest absolute Gasteiger partial charge is 0.506 e. The van der Waals surface area contributed by atoms with E-state index in [-0.39, 0.29) is 11.3 Å². The van der Waals surface area contributed by atoms with Crippen LogP contribution in [0.25, 0.3) is 0 Å². The van der Waals surface area contributed by atoms with Crippen molar-refractivity contribution in [2.75, 3.05) is 20.1 Å². The SMILES string of the molecule is C[NH+]1CCC(C)(OC(=O)c2cc(I)cc(I)c2O)CC1. The fourth-order valence-corrected chi connectivity index (χ4v) is 4.15. The van der Waals surface area contributed by atoms with Gasteiger partial charge in [0.05, 0.1) is 23.7 Å². The molecule has 0 aliphatic carbocycles. The normalized spacial score (nSPS) is 26.3. The van der Waals surface area contributed by atoms with Crippen LogP contribution >= 0.6 is 45.2 Å². The van der Waals surface area contributed by atoms with Gasteiger partial charge in [-0.3, -0.25) is 0 Å². The van der Waals surface area contributed by atoms with E-state index >= 15 is 0 Å². The summed E-state index contributed by atoms with van der Waals surface area (Å²) in [6.07, 6.45) is 1.71. The number of esters is 1. The summed E-state index contributed by atoms with van der Waals surface area (Å²) in [5, 5.41) is 10.0. The third kappa shape index (κ3) is 3.76. The first kappa shape index (κ1) is 16.3. The first-order valence-electron chi connectivity index (χ1n) is 6.53. The summed E-state index contributed by atoms with van der Waals surface area (Å²) in [6, 6.07) is 3.50. The molecular formula is C14H18I2NO3+. The Morgan fingerprint density at radius 3 is 2.55 bits per heavy atom. The summed E-state index contributed by atoms with van der Waals surface area (Å²) in [7, 11) is 2.15. The molecule has 0 radical (unpaired) electrons. The summed E-state index contributed by atoms with van der Waals surface area (Å²) in [4.78, 5) is 13.8. The van der Waals surface area contributed by atoms with Crippen LogP contribution in [0.5, 0.6) is 5.75 Å². The van der Waals surface area contributed by atoms with E-state index in [9.17, 15) is 9.90 Å². The zero-order valence-corrected chi connectivity index (χ0v) is 15.8. The quantitative estimate of drug-likeness (QED) is 0.480. The lowest BCUT2D eigenvalue weighted by atomic mass is 9.93. The number of hydrogen-bond acceptors (Lipinski definition) is 3. The molecule has 0 unspecified atom stereocenters. The third-order valence-corrected chi connectivity index (χ3v) is 5.19. The number of phenolic OH excluding ortho intramolecular Hbond substituents is 1. The van der Waals surface area contributed by atoms with Gasteiger partial charge in [-0.15, -0.1) is 0 Å². The molecule has 1 aromatic rings. The summed E-state index contributed by atoms with van der Waals surface area (Å²) in [6.45, 7) is 3.98. The number of ether oxygens (including phenoxy) is 1. The molecule has 0 saturated carbocycles. The fraction of sp³-hybridized carbons (Fsp3) is 0.500. The van der Waals surface area contributed by atoms with Gasteiger partial charge in [0.15, 0.2) is 0 Å². The lowest BCUT2D eigenvalue weighted by Gasteiger charge is -2.35. The van der Waals surface area contributed by atoms with Crippen LogP contribution in [0.3, 0.4) is 0 Å². The number of piperidine rings is 1. The number of rotatable bonds is 2. The van der Waals surface area contributed by atoms with Gasteiger partial charge in [-0.1, -0.05) is 0 Å². The van der Waals surface area contributed by atoms with Crippen LogP contribution in [-0.4, -0.2) is 36.8 Å². The Kier molecular flexibility index (Phi) is 5.17. The number of likely N-dealkylation sites (tertiary alicyclic amines) is 1. The Morgan fingerprint density at radius 1 is 1.35 bits per heavy atom. The van der Waals surface area contributed by atoms with Crippen LogP contribution in [0.4, 0.5) is 0 Å². The molecule has 20 heavy (non-hydrogen) atoms. The molecule has 2 rings (SSSR count). The lowest BCUT2D eigenvalue weighted by molar-refractivity contribution is -0.887. The number of halogens is 2. The van der Waals surface area contributed by atoms with E-state index < -0.39 is 11.6 Å². The number of benzene rings is 1. The van der Waals surface area contributed by atoms with Gasteiger partial charge in [0.25, 0.3) is 0 Å². The molecule has 2 N–H and O–H groups in total. The lowest BCUT2D eigenvalue weighted by Crippen LogP contribution is -3.10. The summed E-state index contributed by atoms with van der Waals surface area (Å²) in [5.41, 5.74) is -0.163. The van der Waals surface area contributed by atoms with Gasteiger partial charge in [-0.25, -0.2) is 4.79 Å².